The Morgan fingerprint density at radius 3 is 2.49 bits per heavy atom. The first-order valence-electron chi connectivity index (χ1n) is 16.4. The topological polar surface area (TPSA) is 148 Å². The molecule has 0 atom stereocenters. The van der Waals surface area contributed by atoms with Crippen molar-refractivity contribution in [2.45, 2.75) is 39.4 Å². The van der Waals surface area contributed by atoms with Gasteiger partial charge in [-0.2, -0.15) is 28.1 Å². The maximum Gasteiger partial charge on any atom is 0.422 e. The zero-order valence-electron chi connectivity index (χ0n) is 28.7. The van der Waals surface area contributed by atoms with Crippen LogP contribution in [0.2, 0.25) is 5.02 Å². The predicted molar refractivity (Wildman–Crippen MR) is 187 cm³/mol. The first-order chi connectivity index (χ1) is 25.1. The van der Waals surface area contributed by atoms with Crippen molar-refractivity contribution < 1.29 is 41.4 Å². The maximum atomic E-state index is 13.7. The monoisotopic (exact) mass is 757 g/mol. The van der Waals surface area contributed by atoms with Gasteiger partial charge in [-0.25, -0.2) is 4.39 Å². The highest BCUT2D eigenvalue weighted by Crippen LogP contribution is 2.27. The van der Waals surface area contributed by atoms with Gasteiger partial charge in [-0.05, 0) is 65.4 Å². The Morgan fingerprint density at radius 1 is 1.02 bits per heavy atom. The number of hydrogen-bond donors (Lipinski definition) is 3. The van der Waals surface area contributed by atoms with Crippen molar-refractivity contribution >= 4 is 41.0 Å². The van der Waals surface area contributed by atoms with Crippen molar-refractivity contribution in [3.63, 3.8) is 0 Å². The number of benzene rings is 3. The van der Waals surface area contributed by atoms with E-state index in [-0.39, 0.29) is 61.7 Å². The fourth-order valence-corrected chi connectivity index (χ4v) is 5.51. The number of carbonyl (C=O) groups excluding carboxylic acids is 3. The SMILES string of the molecule is CC1(C)CNC(=O)c2ccc(cc2)Cc2nc(nc(OCC(F)(F)F)n2)NCc2ccc(c(Cl)c2)OCCCN(C(=O)C(=O)Nc2cccc(F)c2)C1. The lowest BCUT2D eigenvalue weighted by atomic mass is 9.92. The molecule has 0 fully saturated rings. The van der Waals surface area contributed by atoms with E-state index in [1.807, 2.05) is 13.8 Å². The molecule has 4 aliphatic rings. The molecule has 1 aromatic heterocycles. The summed E-state index contributed by atoms with van der Waals surface area (Å²) in [6, 6.07) is 16.2. The van der Waals surface area contributed by atoms with E-state index >= 15 is 0 Å². The highest BCUT2D eigenvalue weighted by molar-refractivity contribution is 6.39. The van der Waals surface area contributed by atoms with Gasteiger partial charge in [0.05, 0.1) is 11.6 Å². The summed E-state index contributed by atoms with van der Waals surface area (Å²) in [6.45, 7) is 2.63. The van der Waals surface area contributed by atoms with Crippen LogP contribution in [0.25, 0.3) is 0 Å². The van der Waals surface area contributed by atoms with Gasteiger partial charge in [0, 0.05) is 43.9 Å². The van der Waals surface area contributed by atoms with Crippen LogP contribution < -0.4 is 25.4 Å². The molecule has 3 N–H and O–H groups in total. The standard InChI is InChI=1S/C36H36ClF4N7O5/c1-35(2)19-43-30(49)24-10-7-22(8-11-24)16-29-45-33(47-34(46-29)53-21-36(39,40)41)42-18-23-9-12-28(27(37)15-23)52-14-4-13-48(20-35)32(51)31(50)44-26-6-3-5-25(38)17-26/h3,5-12,15,17H,4,13-14,16,18-21H2,1-2H3,(H,43,49)(H,44,50)(H,42,45,46,47). The molecule has 5 heterocycles. The molecule has 4 aliphatic heterocycles. The van der Waals surface area contributed by atoms with E-state index in [4.69, 9.17) is 21.1 Å². The Balaban J connectivity index is 1.38. The van der Waals surface area contributed by atoms with Gasteiger partial charge in [-0.3, -0.25) is 14.4 Å². The molecule has 4 aromatic rings. The lowest BCUT2D eigenvalue weighted by Crippen LogP contribution is -2.48. The Hall–Kier alpha value is -5.51. The summed E-state index contributed by atoms with van der Waals surface area (Å²) in [5.41, 5.74) is 1.07. The quantitative estimate of drug-likeness (QED) is 0.174. The van der Waals surface area contributed by atoms with Gasteiger partial charge in [0.25, 0.3) is 5.91 Å². The molecule has 3 aromatic carbocycles. The van der Waals surface area contributed by atoms with Crippen LogP contribution in [-0.4, -0.2) is 76.6 Å². The maximum absolute atomic E-state index is 13.7. The van der Waals surface area contributed by atoms with Crippen molar-refractivity contribution in [2.75, 3.05) is 43.5 Å². The first-order valence-corrected chi connectivity index (χ1v) is 16.8. The number of alkyl halides is 3. The minimum absolute atomic E-state index is 0.0274. The third-order valence-corrected chi connectivity index (χ3v) is 8.09. The summed E-state index contributed by atoms with van der Waals surface area (Å²) in [7, 11) is 0. The number of carbonyl (C=O) groups is 3. The van der Waals surface area contributed by atoms with Gasteiger partial charge in [0.1, 0.15) is 17.4 Å². The second-order valence-electron chi connectivity index (χ2n) is 13.0. The number of hydrogen-bond acceptors (Lipinski definition) is 9. The van der Waals surface area contributed by atoms with E-state index < -0.39 is 47.7 Å². The van der Waals surface area contributed by atoms with Crippen molar-refractivity contribution in [1.82, 2.24) is 25.2 Å². The fraction of sp³-hybridized carbons (Fsp3) is 0.333. The Morgan fingerprint density at radius 2 is 1.77 bits per heavy atom. The molecule has 280 valence electrons. The lowest BCUT2D eigenvalue weighted by molar-refractivity contribution is -0.154. The predicted octanol–water partition coefficient (Wildman–Crippen LogP) is 5.81. The van der Waals surface area contributed by atoms with Gasteiger partial charge >= 0.3 is 24.0 Å². The highest BCUT2D eigenvalue weighted by Gasteiger charge is 2.30. The number of nitrogens with one attached hydrogen (secondary N) is 3. The summed E-state index contributed by atoms with van der Waals surface area (Å²) in [4.78, 5) is 53.3. The molecule has 0 unspecified atom stereocenters. The number of nitrogens with zero attached hydrogens (tertiary/aromatic N) is 4. The largest absolute Gasteiger partial charge is 0.492 e. The van der Waals surface area contributed by atoms with Gasteiger partial charge < -0.3 is 30.3 Å². The first kappa shape index (κ1) is 38.7. The Labute approximate surface area is 307 Å². The van der Waals surface area contributed by atoms with Crippen LogP contribution in [0.4, 0.5) is 29.2 Å². The second kappa shape index (κ2) is 16.9. The minimum Gasteiger partial charge on any atom is -0.492 e. The molecule has 53 heavy (non-hydrogen) atoms. The van der Waals surface area contributed by atoms with Crippen LogP contribution in [0.15, 0.2) is 66.7 Å². The van der Waals surface area contributed by atoms with Crippen molar-refractivity contribution in [1.29, 1.82) is 0 Å². The third-order valence-electron chi connectivity index (χ3n) is 7.79. The molecule has 0 spiro atoms. The summed E-state index contributed by atoms with van der Waals surface area (Å²) in [5.74, 6) is -2.32. The molecular weight excluding hydrogens is 722 g/mol. The number of anilines is 2. The van der Waals surface area contributed by atoms with Crippen LogP contribution in [0.3, 0.4) is 0 Å². The van der Waals surface area contributed by atoms with Crippen molar-refractivity contribution in [3.05, 3.63) is 100 Å². The van der Waals surface area contributed by atoms with Crippen molar-refractivity contribution in [2.24, 2.45) is 5.41 Å². The van der Waals surface area contributed by atoms with E-state index in [1.54, 1.807) is 42.5 Å². The smallest absolute Gasteiger partial charge is 0.422 e. The number of rotatable bonds is 3. The molecule has 0 saturated carbocycles. The second-order valence-corrected chi connectivity index (χ2v) is 13.4. The van der Waals surface area contributed by atoms with Crippen molar-refractivity contribution in [3.8, 4) is 11.8 Å². The average Bonchev–Trinajstić information content (AvgIpc) is 3.10. The van der Waals surface area contributed by atoms with Gasteiger partial charge in [-0.15, -0.1) is 0 Å². The zero-order chi connectivity index (χ0) is 38.2. The van der Waals surface area contributed by atoms with Gasteiger partial charge in [0.15, 0.2) is 6.61 Å². The van der Waals surface area contributed by atoms with Crippen LogP contribution >= 0.6 is 11.6 Å². The van der Waals surface area contributed by atoms with Gasteiger partial charge in [0.2, 0.25) is 5.95 Å². The molecule has 0 saturated heterocycles. The normalized spacial score (nSPS) is 15.4. The van der Waals surface area contributed by atoms with Crippen LogP contribution in [-0.2, 0) is 22.6 Å². The zero-order valence-corrected chi connectivity index (χ0v) is 29.5. The molecular formula is C36H36ClF4N7O5. The van der Waals surface area contributed by atoms with E-state index in [2.05, 4.69) is 30.9 Å². The van der Waals surface area contributed by atoms with Crippen LogP contribution in [0, 0.1) is 11.2 Å². The summed E-state index contributed by atoms with van der Waals surface area (Å²) < 4.78 is 63.1. The molecule has 0 aliphatic carbocycles. The van der Waals surface area contributed by atoms with Crippen LogP contribution in [0.5, 0.6) is 11.8 Å². The third kappa shape index (κ3) is 11.8. The molecule has 0 radical (unpaired) electrons. The molecule has 8 rings (SSSR count). The molecule has 17 heteroatoms. The number of amides is 3. The van der Waals surface area contributed by atoms with E-state index in [9.17, 15) is 31.9 Å². The average molecular weight is 758 g/mol. The Bertz CT molecular complexity index is 1950. The van der Waals surface area contributed by atoms with E-state index in [1.165, 1.54) is 23.1 Å². The molecule has 6 bridgehead atoms. The number of aromatic nitrogens is 3. The van der Waals surface area contributed by atoms with E-state index in [0.29, 0.717) is 28.9 Å². The summed E-state index contributed by atoms with van der Waals surface area (Å²) >= 11 is 6.50. The number of halogens is 5. The van der Waals surface area contributed by atoms with Crippen LogP contribution in [0.1, 0.15) is 47.6 Å². The van der Waals surface area contributed by atoms with Gasteiger partial charge in [-0.1, -0.05) is 49.7 Å². The lowest BCUT2D eigenvalue weighted by Gasteiger charge is -2.32. The highest BCUT2D eigenvalue weighted by atomic mass is 35.5. The van der Waals surface area contributed by atoms with E-state index in [0.717, 1.165) is 6.07 Å². The minimum atomic E-state index is -4.61. The fourth-order valence-electron chi connectivity index (χ4n) is 5.25. The Kier molecular flexibility index (Phi) is 12.3. The number of ether oxygens (including phenoxy) is 2. The molecule has 12 nitrogen and oxygen atoms in total. The summed E-state index contributed by atoms with van der Waals surface area (Å²) in [5, 5.41) is 8.54. The molecule has 3 amide bonds. The summed E-state index contributed by atoms with van der Waals surface area (Å²) in [6.07, 6.45) is -4.22.